The van der Waals surface area contributed by atoms with Crippen molar-refractivity contribution in [2.24, 2.45) is 0 Å². The van der Waals surface area contributed by atoms with Crippen LogP contribution in [-0.4, -0.2) is 14.2 Å². The summed E-state index contributed by atoms with van der Waals surface area (Å²) < 4.78 is 70.3. The summed E-state index contributed by atoms with van der Waals surface area (Å²) in [5, 5.41) is 0. The lowest BCUT2D eigenvalue weighted by atomic mass is 10.0. The second kappa shape index (κ2) is 4.64. The molecule has 1 rings (SSSR count). The van der Waals surface area contributed by atoms with E-state index < -0.39 is 27.7 Å². The van der Waals surface area contributed by atoms with Crippen LogP contribution in [0.5, 0.6) is 0 Å². The average molecular weight is 270 g/mol. The average Bonchev–Trinajstić information content (AvgIpc) is 2.13. The van der Waals surface area contributed by atoms with E-state index in [4.69, 9.17) is 0 Å². The van der Waals surface area contributed by atoms with Gasteiger partial charge in [0.25, 0.3) is 0 Å². The summed E-state index contributed by atoms with van der Waals surface area (Å²) in [5.74, 6) is -0.812. The maximum atomic E-state index is 12.5. The van der Waals surface area contributed by atoms with Gasteiger partial charge in [-0.3, -0.25) is 0 Å². The number of hydrogen-bond acceptors (Lipinski definition) is 2. The van der Waals surface area contributed by atoms with Gasteiger partial charge in [0.2, 0.25) is 0 Å². The van der Waals surface area contributed by atoms with Gasteiger partial charge < -0.3 is 0 Å². The minimum Gasteiger partial charge on any atom is -0.195 e. The summed E-state index contributed by atoms with van der Waals surface area (Å²) in [6.07, 6.45) is -4.77. The molecule has 0 bridgehead atoms. The van der Waals surface area contributed by atoms with E-state index in [1.54, 1.807) is 0 Å². The van der Waals surface area contributed by atoms with Gasteiger partial charge >= 0.3 is 16.4 Å². The molecule has 96 valence electrons. The lowest BCUT2D eigenvalue weighted by Gasteiger charge is -2.11. The predicted octanol–water partition coefficient (Wildman–Crippen LogP) is 2.86. The molecule has 0 N–H and O–H groups in total. The minimum atomic E-state index is -4.66. The molecule has 17 heavy (non-hydrogen) atoms. The van der Waals surface area contributed by atoms with Gasteiger partial charge in [-0.2, -0.15) is 21.6 Å². The molecular formula is C10H10F4O2S. The fourth-order valence-electron chi connectivity index (χ4n) is 1.37. The quantitative estimate of drug-likeness (QED) is 0.625. The molecule has 0 radical (unpaired) electrons. The minimum absolute atomic E-state index is 0.0457. The lowest BCUT2D eigenvalue weighted by Crippen LogP contribution is -2.09. The smallest absolute Gasteiger partial charge is 0.195 e. The first-order valence-corrected chi connectivity index (χ1v) is 6.24. The number of alkyl halides is 3. The highest BCUT2D eigenvalue weighted by molar-refractivity contribution is 7.86. The molecule has 0 fully saturated rings. The second-order valence-corrected chi connectivity index (χ2v) is 5.13. The van der Waals surface area contributed by atoms with E-state index in [9.17, 15) is 25.5 Å². The standard InChI is InChI=1S/C10H10F4O2S/c1-7-2-3-8(4-5-17(14,15)16)6-9(7)10(11,12)13/h2-3,6H,4-5H2,1H3. The number of rotatable bonds is 3. The first-order chi connectivity index (χ1) is 7.59. The van der Waals surface area contributed by atoms with Gasteiger partial charge in [-0.05, 0) is 30.5 Å². The highest BCUT2D eigenvalue weighted by Crippen LogP contribution is 2.32. The zero-order valence-electron chi connectivity index (χ0n) is 8.88. The third-order valence-corrected chi connectivity index (χ3v) is 2.93. The molecule has 2 nitrogen and oxygen atoms in total. The zero-order valence-corrected chi connectivity index (χ0v) is 9.70. The Balaban J connectivity index is 2.98. The zero-order chi connectivity index (χ0) is 13.3. The number of aryl methyl sites for hydroxylation is 2. The maximum absolute atomic E-state index is 12.5. The largest absolute Gasteiger partial charge is 0.416 e. The van der Waals surface area contributed by atoms with Gasteiger partial charge in [0.1, 0.15) is 0 Å². The van der Waals surface area contributed by atoms with E-state index in [1.165, 1.54) is 19.1 Å². The molecule has 0 amide bonds. The number of hydrogen-bond donors (Lipinski definition) is 0. The molecular weight excluding hydrogens is 260 g/mol. The van der Waals surface area contributed by atoms with Crippen molar-refractivity contribution >= 4 is 10.2 Å². The van der Waals surface area contributed by atoms with Gasteiger partial charge in [-0.25, -0.2) is 0 Å². The van der Waals surface area contributed by atoms with Crippen LogP contribution in [-0.2, 0) is 22.8 Å². The molecule has 0 aliphatic heterocycles. The van der Waals surface area contributed by atoms with Crippen molar-refractivity contribution in [1.29, 1.82) is 0 Å². The van der Waals surface area contributed by atoms with Crippen molar-refractivity contribution in [2.75, 3.05) is 5.75 Å². The third kappa shape index (κ3) is 4.33. The fourth-order valence-corrected chi connectivity index (χ4v) is 1.85. The van der Waals surface area contributed by atoms with E-state index in [0.29, 0.717) is 0 Å². The molecule has 7 heteroatoms. The molecule has 0 saturated carbocycles. The first-order valence-electron chi connectivity index (χ1n) is 4.68. The molecule has 0 heterocycles. The molecule has 0 unspecified atom stereocenters. The molecule has 0 aliphatic carbocycles. The summed E-state index contributed by atoms with van der Waals surface area (Å²) in [5.41, 5.74) is -0.639. The molecule has 0 spiro atoms. The highest BCUT2D eigenvalue weighted by Gasteiger charge is 2.32. The van der Waals surface area contributed by atoms with Crippen molar-refractivity contribution in [1.82, 2.24) is 0 Å². The summed E-state index contributed by atoms with van der Waals surface area (Å²) in [6, 6.07) is 3.44. The van der Waals surface area contributed by atoms with E-state index in [2.05, 4.69) is 0 Å². The van der Waals surface area contributed by atoms with Crippen LogP contribution < -0.4 is 0 Å². The van der Waals surface area contributed by atoms with Crippen LogP contribution in [0, 0.1) is 6.92 Å². The van der Waals surface area contributed by atoms with E-state index >= 15 is 0 Å². The van der Waals surface area contributed by atoms with Gasteiger partial charge in [-0.1, -0.05) is 12.1 Å². The van der Waals surface area contributed by atoms with Crippen LogP contribution in [0.1, 0.15) is 16.7 Å². The SMILES string of the molecule is Cc1ccc(CCS(=O)(=O)F)cc1C(F)(F)F. The Labute approximate surface area is 96.5 Å². The van der Waals surface area contributed by atoms with E-state index in [-0.39, 0.29) is 17.5 Å². The highest BCUT2D eigenvalue weighted by atomic mass is 32.3. The third-order valence-electron chi connectivity index (χ3n) is 2.24. The summed E-state index contributed by atoms with van der Waals surface area (Å²) >= 11 is 0. The van der Waals surface area contributed by atoms with Crippen molar-refractivity contribution in [3.05, 3.63) is 34.9 Å². The second-order valence-electron chi connectivity index (χ2n) is 3.64. The van der Waals surface area contributed by atoms with Crippen LogP contribution in [0.4, 0.5) is 17.1 Å². The van der Waals surface area contributed by atoms with Crippen LogP contribution in [0.15, 0.2) is 18.2 Å². The van der Waals surface area contributed by atoms with Gasteiger partial charge in [-0.15, -0.1) is 3.89 Å². The van der Waals surface area contributed by atoms with E-state index in [1.807, 2.05) is 0 Å². The molecule has 0 atom stereocenters. The van der Waals surface area contributed by atoms with E-state index in [0.717, 1.165) is 6.07 Å². The van der Waals surface area contributed by atoms with Crippen molar-refractivity contribution in [3.8, 4) is 0 Å². The Kier molecular flexibility index (Phi) is 3.81. The molecule has 0 aliphatic rings. The van der Waals surface area contributed by atoms with Crippen LogP contribution in [0.25, 0.3) is 0 Å². The van der Waals surface area contributed by atoms with Crippen molar-refractivity contribution in [3.63, 3.8) is 0 Å². The monoisotopic (exact) mass is 270 g/mol. The molecule has 0 aromatic heterocycles. The normalized spacial score (nSPS) is 12.8. The predicted molar refractivity (Wildman–Crippen MR) is 54.8 cm³/mol. The Morgan fingerprint density at radius 2 is 1.82 bits per heavy atom. The lowest BCUT2D eigenvalue weighted by molar-refractivity contribution is -0.138. The Morgan fingerprint density at radius 1 is 1.24 bits per heavy atom. The van der Waals surface area contributed by atoms with Crippen LogP contribution >= 0.6 is 0 Å². The van der Waals surface area contributed by atoms with Crippen molar-refractivity contribution in [2.45, 2.75) is 19.5 Å². The van der Waals surface area contributed by atoms with Crippen LogP contribution in [0.2, 0.25) is 0 Å². The maximum Gasteiger partial charge on any atom is 0.416 e. The Hall–Kier alpha value is -1.11. The molecule has 1 aromatic carbocycles. The fraction of sp³-hybridized carbons (Fsp3) is 0.400. The van der Waals surface area contributed by atoms with Gasteiger partial charge in [0.05, 0.1) is 11.3 Å². The van der Waals surface area contributed by atoms with Crippen molar-refractivity contribution < 1.29 is 25.5 Å². The number of benzene rings is 1. The Bertz CT molecular complexity index is 506. The topological polar surface area (TPSA) is 34.1 Å². The summed E-state index contributed by atoms with van der Waals surface area (Å²) in [6.45, 7) is 1.30. The van der Waals surface area contributed by atoms with Crippen LogP contribution in [0.3, 0.4) is 0 Å². The van der Waals surface area contributed by atoms with Gasteiger partial charge in [0.15, 0.2) is 0 Å². The summed E-state index contributed by atoms with van der Waals surface area (Å²) in [7, 11) is -4.66. The first kappa shape index (κ1) is 14.0. The molecule has 0 saturated heterocycles. The molecule has 1 aromatic rings. The number of halogens is 4. The Morgan fingerprint density at radius 3 is 2.29 bits per heavy atom. The summed E-state index contributed by atoms with van der Waals surface area (Å²) in [4.78, 5) is 0. The van der Waals surface area contributed by atoms with Gasteiger partial charge in [0, 0.05) is 0 Å².